The Bertz CT molecular complexity index is 786. The summed E-state index contributed by atoms with van der Waals surface area (Å²) < 4.78 is 7.32. The van der Waals surface area contributed by atoms with Crippen molar-refractivity contribution >= 4 is 17.5 Å². The molecule has 0 saturated carbocycles. The summed E-state index contributed by atoms with van der Waals surface area (Å²) in [5.41, 5.74) is 1.69. The van der Waals surface area contributed by atoms with E-state index in [0.717, 1.165) is 5.56 Å². The SMILES string of the molecule is C[C@H]1Oc2ccccc2N(CCC(=O)N(C)Cc2cnn(C)c2)C1=O. The molecule has 3 rings (SSSR count). The Kier molecular flexibility index (Phi) is 4.74. The van der Waals surface area contributed by atoms with Crippen LogP contribution in [0.5, 0.6) is 5.75 Å². The lowest BCUT2D eigenvalue weighted by Crippen LogP contribution is -2.45. The molecule has 0 fully saturated rings. The quantitative estimate of drug-likeness (QED) is 0.827. The fourth-order valence-corrected chi connectivity index (χ4v) is 2.90. The normalized spacial score (nSPS) is 16.4. The van der Waals surface area contributed by atoms with Crippen molar-refractivity contribution in [3.05, 3.63) is 42.2 Å². The van der Waals surface area contributed by atoms with E-state index < -0.39 is 6.10 Å². The van der Waals surface area contributed by atoms with E-state index in [-0.39, 0.29) is 18.2 Å². The predicted octanol–water partition coefficient (Wildman–Crippen LogP) is 1.58. The molecular weight excluding hydrogens is 320 g/mol. The molecular formula is C18H22N4O3. The van der Waals surface area contributed by atoms with Crippen molar-refractivity contribution in [1.29, 1.82) is 0 Å². The Hall–Kier alpha value is -2.83. The van der Waals surface area contributed by atoms with Crippen molar-refractivity contribution in [3.63, 3.8) is 0 Å². The van der Waals surface area contributed by atoms with E-state index in [9.17, 15) is 9.59 Å². The molecule has 0 N–H and O–H groups in total. The maximum absolute atomic E-state index is 12.4. The van der Waals surface area contributed by atoms with Crippen LogP contribution in [0.3, 0.4) is 0 Å². The Balaban J connectivity index is 1.64. The molecule has 0 saturated heterocycles. The first-order valence-corrected chi connectivity index (χ1v) is 8.24. The standard InChI is InChI=1S/C18H22N4O3/c1-13-18(24)22(15-6-4-5-7-16(15)25-13)9-8-17(23)20(2)11-14-10-19-21(3)12-14/h4-7,10,12-13H,8-9,11H2,1-3H3/t13-/m1/s1. The van der Waals surface area contributed by atoms with Crippen molar-refractivity contribution in [1.82, 2.24) is 14.7 Å². The average Bonchev–Trinajstić information content (AvgIpc) is 3.00. The highest BCUT2D eigenvalue weighted by Crippen LogP contribution is 2.33. The molecule has 0 bridgehead atoms. The molecule has 2 aromatic rings. The number of aromatic nitrogens is 2. The first kappa shape index (κ1) is 17.0. The molecule has 2 heterocycles. The highest BCUT2D eigenvalue weighted by atomic mass is 16.5. The number of hydrogen-bond acceptors (Lipinski definition) is 4. The third-order valence-electron chi connectivity index (χ3n) is 4.23. The molecule has 1 aliphatic heterocycles. The Labute approximate surface area is 146 Å². The van der Waals surface area contributed by atoms with Gasteiger partial charge in [-0.1, -0.05) is 12.1 Å². The number of benzene rings is 1. The van der Waals surface area contributed by atoms with E-state index in [1.165, 1.54) is 0 Å². The minimum absolute atomic E-state index is 0.0201. The van der Waals surface area contributed by atoms with Gasteiger partial charge in [0.15, 0.2) is 6.10 Å². The zero-order valence-electron chi connectivity index (χ0n) is 14.7. The second-order valence-corrected chi connectivity index (χ2v) is 6.24. The van der Waals surface area contributed by atoms with Gasteiger partial charge in [0.1, 0.15) is 5.75 Å². The first-order chi connectivity index (χ1) is 12.0. The molecule has 0 aliphatic carbocycles. The number of carbonyl (C=O) groups is 2. The largest absolute Gasteiger partial charge is 0.479 e. The van der Waals surface area contributed by atoms with Crippen LogP contribution in [0.2, 0.25) is 0 Å². The number of para-hydroxylation sites is 2. The van der Waals surface area contributed by atoms with E-state index in [1.54, 1.807) is 34.6 Å². The number of nitrogens with zero attached hydrogens (tertiary/aromatic N) is 4. The van der Waals surface area contributed by atoms with Crippen LogP contribution < -0.4 is 9.64 Å². The van der Waals surface area contributed by atoms with Gasteiger partial charge in [-0.05, 0) is 19.1 Å². The number of ether oxygens (including phenoxy) is 1. The fourth-order valence-electron chi connectivity index (χ4n) is 2.90. The Morgan fingerprint density at radius 3 is 2.84 bits per heavy atom. The van der Waals surface area contributed by atoms with Crippen LogP contribution in [0.1, 0.15) is 18.9 Å². The summed E-state index contributed by atoms with van der Waals surface area (Å²) in [5.74, 6) is 0.528. The van der Waals surface area contributed by atoms with Gasteiger partial charge >= 0.3 is 0 Å². The summed E-state index contributed by atoms with van der Waals surface area (Å²) in [6.07, 6.45) is 3.34. The van der Waals surface area contributed by atoms with Crippen molar-refractivity contribution < 1.29 is 14.3 Å². The molecule has 25 heavy (non-hydrogen) atoms. The molecule has 2 amide bonds. The highest BCUT2D eigenvalue weighted by Gasteiger charge is 2.31. The van der Waals surface area contributed by atoms with Gasteiger partial charge in [0, 0.05) is 45.4 Å². The lowest BCUT2D eigenvalue weighted by molar-refractivity contribution is -0.130. The highest BCUT2D eigenvalue weighted by molar-refractivity contribution is 6.00. The smallest absolute Gasteiger partial charge is 0.267 e. The lowest BCUT2D eigenvalue weighted by atomic mass is 10.1. The van der Waals surface area contributed by atoms with Gasteiger partial charge < -0.3 is 14.5 Å². The minimum Gasteiger partial charge on any atom is -0.479 e. The number of anilines is 1. The molecule has 1 atom stereocenters. The zero-order chi connectivity index (χ0) is 18.0. The molecule has 7 nitrogen and oxygen atoms in total. The summed E-state index contributed by atoms with van der Waals surface area (Å²) in [6, 6.07) is 7.39. The van der Waals surface area contributed by atoms with Crippen molar-refractivity contribution in [2.45, 2.75) is 26.0 Å². The van der Waals surface area contributed by atoms with Crippen LogP contribution >= 0.6 is 0 Å². The van der Waals surface area contributed by atoms with Gasteiger partial charge in [-0.3, -0.25) is 14.3 Å². The van der Waals surface area contributed by atoms with Crippen LogP contribution in [0, 0.1) is 0 Å². The van der Waals surface area contributed by atoms with Crippen molar-refractivity contribution in [2.24, 2.45) is 7.05 Å². The van der Waals surface area contributed by atoms with Crippen LogP contribution in [-0.4, -0.2) is 46.2 Å². The van der Waals surface area contributed by atoms with Gasteiger partial charge in [0.2, 0.25) is 5.91 Å². The monoisotopic (exact) mass is 342 g/mol. The Morgan fingerprint density at radius 2 is 2.12 bits per heavy atom. The third kappa shape index (κ3) is 3.65. The van der Waals surface area contributed by atoms with Crippen LogP contribution in [-0.2, 0) is 23.2 Å². The van der Waals surface area contributed by atoms with Crippen LogP contribution in [0.4, 0.5) is 5.69 Å². The minimum atomic E-state index is -0.543. The zero-order valence-corrected chi connectivity index (χ0v) is 14.7. The molecule has 0 radical (unpaired) electrons. The summed E-state index contributed by atoms with van der Waals surface area (Å²) in [5, 5.41) is 4.10. The van der Waals surface area contributed by atoms with E-state index in [0.29, 0.717) is 24.5 Å². The number of carbonyl (C=O) groups excluding carboxylic acids is 2. The molecule has 132 valence electrons. The molecule has 0 spiro atoms. The Morgan fingerprint density at radius 1 is 1.36 bits per heavy atom. The first-order valence-electron chi connectivity index (χ1n) is 8.24. The van der Waals surface area contributed by atoms with Gasteiger partial charge in [0.25, 0.3) is 5.91 Å². The second-order valence-electron chi connectivity index (χ2n) is 6.24. The number of fused-ring (bicyclic) bond motifs is 1. The molecule has 0 unspecified atom stereocenters. The van der Waals surface area contributed by atoms with Gasteiger partial charge in [-0.15, -0.1) is 0 Å². The van der Waals surface area contributed by atoms with Crippen molar-refractivity contribution in [2.75, 3.05) is 18.5 Å². The molecule has 1 aromatic carbocycles. The lowest BCUT2D eigenvalue weighted by Gasteiger charge is -2.33. The number of hydrogen-bond donors (Lipinski definition) is 0. The summed E-state index contributed by atoms with van der Waals surface area (Å²) >= 11 is 0. The van der Waals surface area contributed by atoms with Crippen molar-refractivity contribution in [3.8, 4) is 5.75 Å². The summed E-state index contributed by atoms with van der Waals surface area (Å²) in [6.45, 7) is 2.55. The van der Waals surface area contributed by atoms with E-state index >= 15 is 0 Å². The summed E-state index contributed by atoms with van der Waals surface area (Å²) in [4.78, 5) is 28.1. The maximum Gasteiger partial charge on any atom is 0.267 e. The van der Waals surface area contributed by atoms with E-state index in [1.807, 2.05) is 37.5 Å². The van der Waals surface area contributed by atoms with Gasteiger partial charge in [0.05, 0.1) is 11.9 Å². The van der Waals surface area contributed by atoms with Crippen LogP contribution in [0.15, 0.2) is 36.7 Å². The maximum atomic E-state index is 12.4. The topological polar surface area (TPSA) is 67.7 Å². The average molecular weight is 342 g/mol. The molecule has 7 heteroatoms. The van der Waals surface area contributed by atoms with E-state index in [2.05, 4.69) is 5.10 Å². The number of amides is 2. The van der Waals surface area contributed by atoms with Gasteiger partial charge in [-0.2, -0.15) is 5.10 Å². The molecule has 1 aliphatic rings. The van der Waals surface area contributed by atoms with Gasteiger partial charge in [-0.25, -0.2) is 0 Å². The molecule has 1 aromatic heterocycles. The second kappa shape index (κ2) is 6.96. The van der Waals surface area contributed by atoms with E-state index in [4.69, 9.17) is 4.74 Å². The fraction of sp³-hybridized carbons (Fsp3) is 0.389. The number of aryl methyl sites for hydroxylation is 1. The summed E-state index contributed by atoms with van der Waals surface area (Å²) in [7, 11) is 3.60. The van der Waals surface area contributed by atoms with Crippen LogP contribution in [0.25, 0.3) is 0 Å². The predicted molar refractivity (Wildman–Crippen MR) is 93.2 cm³/mol. The number of rotatable bonds is 5. The third-order valence-corrected chi connectivity index (χ3v) is 4.23.